The number of aliphatic hydroxyl groups excluding tert-OH is 1. The molecule has 0 fully saturated rings. The van der Waals surface area contributed by atoms with E-state index in [4.69, 9.17) is 5.11 Å². The number of anilines is 1. The molecular weight excluding hydrogens is 286 g/mol. The minimum atomic E-state index is -0.504. The lowest BCUT2D eigenvalue weighted by Crippen LogP contribution is -2.19. The fraction of sp³-hybridized carbons (Fsp3) is 0.533. The molecular formula is C15H23N3O4. The summed E-state index contributed by atoms with van der Waals surface area (Å²) < 4.78 is 0. The summed E-state index contributed by atoms with van der Waals surface area (Å²) in [5.41, 5.74) is 0.511. The molecule has 0 aromatic heterocycles. The van der Waals surface area contributed by atoms with E-state index in [1.807, 2.05) is 0 Å². The molecule has 0 saturated carbocycles. The van der Waals surface area contributed by atoms with Crippen molar-refractivity contribution in [3.05, 3.63) is 33.9 Å². The van der Waals surface area contributed by atoms with Gasteiger partial charge in [0.15, 0.2) is 0 Å². The molecule has 0 bridgehead atoms. The number of nitrogens with zero attached hydrogens (tertiary/aromatic N) is 1. The van der Waals surface area contributed by atoms with Crippen LogP contribution in [-0.4, -0.2) is 36.1 Å². The Morgan fingerprint density at radius 1 is 1.41 bits per heavy atom. The zero-order chi connectivity index (χ0) is 16.5. The van der Waals surface area contributed by atoms with Crippen LogP contribution in [0, 0.1) is 16.0 Å². The zero-order valence-electron chi connectivity index (χ0n) is 13.0. The molecule has 122 valence electrons. The van der Waals surface area contributed by atoms with Gasteiger partial charge in [0.1, 0.15) is 5.69 Å². The van der Waals surface area contributed by atoms with Crippen molar-refractivity contribution in [3.8, 4) is 0 Å². The van der Waals surface area contributed by atoms with Crippen molar-refractivity contribution >= 4 is 17.3 Å². The number of hydrogen-bond acceptors (Lipinski definition) is 5. The molecule has 0 heterocycles. The molecule has 1 rings (SSSR count). The fourth-order valence-electron chi connectivity index (χ4n) is 2.31. The van der Waals surface area contributed by atoms with Crippen molar-refractivity contribution in [1.82, 2.24) is 5.32 Å². The Bertz CT molecular complexity index is 514. The van der Waals surface area contributed by atoms with Crippen LogP contribution in [0.4, 0.5) is 11.4 Å². The molecule has 0 aliphatic heterocycles. The van der Waals surface area contributed by atoms with Crippen LogP contribution in [0.5, 0.6) is 0 Å². The molecule has 0 saturated heterocycles. The molecule has 7 heteroatoms. The number of nitro benzene ring substituents is 1. The molecule has 0 spiro atoms. The van der Waals surface area contributed by atoms with Gasteiger partial charge in [0.05, 0.1) is 4.92 Å². The van der Waals surface area contributed by atoms with Crippen molar-refractivity contribution in [2.45, 2.75) is 26.2 Å². The molecule has 3 N–H and O–H groups in total. The van der Waals surface area contributed by atoms with Crippen LogP contribution >= 0.6 is 0 Å². The van der Waals surface area contributed by atoms with Gasteiger partial charge in [-0.3, -0.25) is 14.9 Å². The van der Waals surface area contributed by atoms with Crippen molar-refractivity contribution in [1.29, 1.82) is 0 Å². The van der Waals surface area contributed by atoms with Crippen LogP contribution in [-0.2, 0) is 0 Å². The Kier molecular flexibility index (Phi) is 7.31. The Labute approximate surface area is 129 Å². The second-order valence-electron chi connectivity index (χ2n) is 5.12. The Morgan fingerprint density at radius 2 is 2.14 bits per heavy atom. The summed E-state index contributed by atoms with van der Waals surface area (Å²) in [5, 5.41) is 25.7. The molecule has 22 heavy (non-hydrogen) atoms. The van der Waals surface area contributed by atoms with Crippen LogP contribution in [0.25, 0.3) is 0 Å². The highest BCUT2D eigenvalue weighted by Crippen LogP contribution is 2.26. The summed E-state index contributed by atoms with van der Waals surface area (Å²) >= 11 is 0. The molecule has 1 amide bonds. The van der Waals surface area contributed by atoms with E-state index in [-0.39, 0.29) is 29.7 Å². The topological polar surface area (TPSA) is 104 Å². The van der Waals surface area contributed by atoms with Gasteiger partial charge in [0.2, 0.25) is 0 Å². The maximum Gasteiger partial charge on any atom is 0.293 e. The van der Waals surface area contributed by atoms with E-state index in [1.165, 1.54) is 13.1 Å². The largest absolute Gasteiger partial charge is 0.396 e. The summed E-state index contributed by atoms with van der Waals surface area (Å²) in [6.07, 6.45) is 2.59. The summed E-state index contributed by atoms with van der Waals surface area (Å²) in [6.45, 7) is 2.71. The average molecular weight is 309 g/mol. The highest BCUT2D eigenvalue weighted by molar-refractivity contribution is 5.95. The molecule has 0 radical (unpaired) electrons. The summed E-state index contributed by atoms with van der Waals surface area (Å²) in [5.74, 6) is -0.105. The number of carbonyl (C=O) groups is 1. The van der Waals surface area contributed by atoms with E-state index < -0.39 is 4.92 Å². The fourth-order valence-corrected chi connectivity index (χ4v) is 2.31. The highest BCUT2D eigenvalue weighted by Gasteiger charge is 2.18. The van der Waals surface area contributed by atoms with Crippen molar-refractivity contribution in [2.75, 3.05) is 25.5 Å². The van der Waals surface area contributed by atoms with Gasteiger partial charge in [-0.2, -0.15) is 0 Å². The number of nitro groups is 1. The average Bonchev–Trinajstić information content (AvgIpc) is 2.52. The number of benzene rings is 1. The minimum Gasteiger partial charge on any atom is -0.396 e. The lowest BCUT2D eigenvalue weighted by Gasteiger charge is -2.16. The van der Waals surface area contributed by atoms with Gasteiger partial charge in [-0.15, -0.1) is 0 Å². The van der Waals surface area contributed by atoms with Crippen LogP contribution < -0.4 is 10.6 Å². The number of amides is 1. The third-order valence-electron chi connectivity index (χ3n) is 3.50. The van der Waals surface area contributed by atoms with E-state index in [9.17, 15) is 14.9 Å². The summed E-state index contributed by atoms with van der Waals surface area (Å²) in [6, 6.07) is 4.36. The molecule has 1 aromatic carbocycles. The molecule has 0 aliphatic carbocycles. The first-order chi connectivity index (χ1) is 10.5. The van der Waals surface area contributed by atoms with E-state index in [2.05, 4.69) is 17.6 Å². The molecule has 7 nitrogen and oxygen atoms in total. The highest BCUT2D eigenvalue weighted by atomic mass is 16.6. The zero-order valence-corrected chi connectivity index (χ0v) is 13.0. The number of hydrogen-bond donors (Lipinski definition) is 3. The Balaban J connectivity index is 2.89. The second kappa shape index (κ2) is 8.99. The normalized spacial score (nSPS) is 11.8. The predicted octanol–water partition coefficient (Wildman–Crippen LogP) is 2.17. The lowest BCUT2D eigenvalue weighted by atomic mass is 10.00. The number of aliphatic hydroxyl groups is 1. The van der Waals surface area contributed by atoms with E-state index in [1.54, 1.807) is 12.1 Å². The smallest absolute Gasteiger partial charge is 0.293 e. The third kappa shape index (κ3) is 5.00. The van der Waals surface area contributed by atoms with Crippen molar-refractivity contribution in [3.63, 3.8) is 0 Å². The van der Waals surface area contributed by atoms with Gasteiger partial charge < -0.3 is 15.7 Å². The lowest BCUT2D eigenvalue weighted by molar-refractivity contribution is -0.384. The van der Waals surface area contributed by atoms with E-state index in [0.717, 1.165) is 12.8 Å². The van der Waals surface area contributed by atoms with Crippen LogP contribution in [0.3, 0.4) is 0 Å². The molecule has 0 aliphatic rings. The maximum atomic E-state index is 11.6. The van der Waals surface area contributed by atoms with Gasteiger partial charge in [-0.05, 0) is 30.9 Å². The van der Waals surface area contributed by atoms with E-state index in [0.29, 0.717) is 18.7 Å². The SMILES string of the molecule is CCCC(CCO)CNc1ccc(C(=O)NC)cc1[N+](=O)[O-]. The van der Waals surface area contributed by atoms with Gasteiger partial charge in [0.25, 0.3) is 11.6 Å². The monoisotopic (exact) mass is 309 g/mol. The van der Waals surface area contributed by atoms with Gasteiger partial charge in [-0.1, -0.05) is 13.3 Å². The van der Waals surface area contributed by atoms with Crippen LogP contribution in [0.2, 0.25) is 0 Å². The molecule has 1 unspecified atom stereocenters. The van der Waals surface area contributed by atoms with E-state index >= 15 is 0 Å². The van der Waals surface area contributed by atoms with Crippen molar-refractivity contribution in [2.24, 2.45) is 5.92 Å². The van der Waals surface area contributed by atoms with Crippen LogP contribution in [0.1, 0.15) is 36.5 Å². The van der Waals surface area contributed by atoms with Gasteiger partial charge in [0, 0.05) is 31.8 Å². The van der Waals surface area contributed by atoms with Gasteiger partial charge >= 0.3 is 0 Å². The van der Waals surface area contributed by atoms with Crippen molar-refractivity contribution < 1.29 is 14.8 Å². The molecule has 1 aromatic rings. The summed E-state index contributed by atoms with van der Waals surface area (Å²) in [7, 11) is 1.48. The molecule has 1 atom stereocenters. The number of rotatable bonds is 9. The summed E-state index contributed by atoms with van der Waals surface area (Å²) in [4.78, 5) is 22.2. The Hall–Kier alpha value is -2.15. The first-order valence-electron chi connectivity index (χ1n) is 7.38. The maximum absolute atomic E-state index is 11.6. The van der Waals surface area contributed by atoms with Crippen LogP contribution in [0.15, 0.2) is 18.2 Å². The number of nitrogens with one attached hydrogen (secondary N) is 2. The minimum absolute atomic E-state index is 0.101. The number of carbonyl (C=O) groups excluding carboxylic acids is 1. The second-order valence-corrected chi connectivity index (χ2v) is 5.12. The third-order valence-corrected chi connectivity index (χ3v) is 3.50. The first-order valence-corrected chi connectivity index (χ1v) is 7.38. The predicted molar refractivity (Wildman–Crippen MR) is 85.1 cm³/mol. The quantitative estimate of drug-likeness (QED) is 0.479. The Morgan fingerprint density at radius 3 is 2.68 bits per heavy atom. The first kappa shape index (κ1) is 17.9. The standard InChI is InChI=1S/C15H23N3O4/c1-3-4-11(7-8-19)10-17-13-6-5-12(15(20)16-2)9-14(13)18(21)22/h5-6,9,11,17,19H,3-4,7-8,10H2,1-2H3,(H,16,20). The van der Waals surface area contributed by atoms with Gasteiger partial charge in [-0.25, -0.2) is 0 Å².